The van der Waals surface area contributed by atoms with Crippen molar-refractivity contribution in [2.75, 3.05) is 10.6 Å². The number of carbonyl (C=O) groups excluding carboxylic acids is 1. The molecule has 8 nitrogen and oxygen atoms in total. The lowest BCUT2D eigenvalue weighted by atomic mass is 10.1. The maximum Gasteiger partial charge on any atom is 0.323 e. The number of urea groups is 1. The highest BCUT2D eigenvalue weighted by Crippen LogP contribution is 2.31. The third-order valence-corrected chi connectivity index (χ3v) is 5.77. The zero-order valence-corrected chi connectivity index (χ0v) is 19.5. The Balaban J connectivity index is 1.22. The molecule has 0 saturated heterocycles. The third-order valence-electron chi connectivity index (χ3n) is 5.77. The van der Waals surface area contributed by atoms with Gasteiger partial charge in [0.25, 0.3) is 0 Å². The zero-order chi connectivity index (χ0) is 25.0. The van der Waals surface area contributed by atoms with Crippen molar-refractivity contribution in [3.8, 4) is 33.9 Å². The minimum Gasteiger partial charge on any atom is -0.472 e. The van der Waals surface area contributed by atoms with Crippen molar-refractivity contribution in [1.29, 1.82) is 0 Å². The van der Waals surface area contributed by atoms with Gasteiger partial charge in [0.2, 0.25) is 0 Å². The Bertz CT molecular complexity index is 1680. The van der Waals surface area contributed by atoms with Gasteiger partial charge in [0.1, 0.15) is 11.4 Å². The number of nitrogens with one attached hydrogen (secondary N) is 3. The average molecular weight is 488 g/mol. The van der Waals surface area contributed by atoms with Gasteiger partial charge < -0.3 is 19.8 Å². The normalized spacial score (nSPS) is 10.8. The summed E-state index contributed by atoms with van der Waals surface area (Å²) in [6, 6.07) is 27.7. The number of carbonyl (C=O) groups is 1. The fourth-order valence-corrected chi connectivity index (χ4v) is 4.01. The number of furan rings is 1. The standard InChI is InChI=1S/C29H21N5O3/c35-29(32-25-11-4-5-12-26(25)37-23-9-2-1-3-10-23)31-22-8-6-7-19(15-22)27-24-16-21(20-13-14-36-18-20)17-30-28(24)34-33-27/h1-18H,(H,30,33,34)(H2,31,32,35). The van der Waals surface area contributed by atoms with E-state index in [1.807, 2.05) is 78.9 Å². The fraction of sp³-hybridized carbons (Fsp3) is 0. The van der Waals surface area contributed by atoms with Crippen molar-refractivity contribution >= 4 is 28.4 Å². The van der Waals surface area contributed by atoms with Gasteiger partial charge in [-0.3, -0.25) is 5.10 Å². The predicted octanol–water partition coefficient (Wildman–Crippen LogP) is 7.32. The van der Waals surface area contributed by atoms with E-state index in [1.165, 1.54) is 0 Å². The van der Waals surface area contributed by atoms with Crippen molar-refractivity contribution < 1.29 is 13.9 Å². The van der Waals surface area contributed by atoms with Gasteiger partial charge >= 0.3 is 6.03 Å². The molecule has 0 radical (unpaired) electrons. The average Bonchev–Trinajstić information content (AvgIpc) is 3.61. The first kappa shape index (κ1) is 22.1. The zero-order valence-electron chi connectivity index (χ0n) is 19.5. The number of fused-ring (bicyclic) bond motifs is 1. The SMILES string of the molecule is O=C(Nc1cccc(-c2n[nH]c3ncc(-c4ccoc4)cc23)c1)Nc1ccccc1Oc1ccccc1. The van der Waals surface area contributed by atoms with Crippen molar-refractivity contribution in [1.82, 2.24) is 15.2 Å². The van der Waals surface area contributed by atoms with Crippen LogP contribution in [0.3, 0.4) is 0 Å². The van der Waals surface area contributed by atoms with Crippen LogP contribution in [0.15, 0.2) is 114 Å². The lowest BCUT2D eigenvalue weighted by Crippen LogP contribution is -2.19. The van der Waals surface area contributed by atoms with Crippen LogP contribution in [0, 0.1) is 0 Å². The van der Waals surface area contributed by atoms with Crippen LogP contribution in [0.2, 0.25) is 0 Å². The van der Waals surface area contributed by atoms with Crippen molar-refractivity contribution in [2.24, 2.45) is 0 Å². The summed E-state index contributed by atoms with van der Waals surface area (Å²) in [6.45, 7) is 0. The fourth-order valence-electron chi connectivity index (χ4n) is 4.01. The second kappa shape index (κ2) is 9.71. The Hall–Kier alpha value is -5.37. The molecule has 8 heteroatoms. The van der Waals surface area contributed by atoms with Crippen LogP contribution in [0.5, 0.6) is 11.5 Å². The molecule has 0 aliphatic rings. The third kappa shape index (κ3) is 4.76. The lowest BCUT2D eigenvalue weighted by Gasteiger charge is -2.13. The van der Waals surface area contributed by atoms with E-state index < -0.39 is 6.03 Å². The highest BCUT2D eigenvalue weighted by atomic mass is 16.5. The van der Waals surface area contributed by atoms with E-state index in [0.717, 1.165) is 27.8 Å². The highest BCUT2D eigenvalue weighted by molar-refractivity contribution is 6.01. The number of amides is 2. The van der Waals surface area contributed by atoms with E-state index >= 15 is 0 Å². The van der Waals surface area contributed by atoms with E-state index in [4.69, 9.17) is 9.15 Å². The number of pyridine rings is 1. The second-order valence-electron chi connectivity index (χ2n) is 8.28. The molecule has 0 bridgehead atoms. The molecule has 0 aliphatic heterocycles. The summed E-state index contributed by atoms with van der Waals surface area (Å²) in [5.41, 5.74) is 5.27. The number of aromatic nitrogens is 3. The van der Waals surface area contributed by atoms with E-state index in [0.29, 0.717) is 28.5 Å². The van der Waals surface area contributed by atoms with Crippen LogP contribution in [0.4, 0.5) is 16.2 Å². The first-order valence-electron chi connectivity index (χ1n) is 11.6. The molecule has 2 amide bonds. The number of rotatable bonds is 6. The number of H-pyrrole nitrogens is 1. The molecular formula is C29H21N5O3. The molecule has 37 heavy (non-hydrogen) atoms. The maximum atomic E-state index is 12.9. The number of hydrogen-bond donors (Lipinski definition) is 3. The monoisotopic (exact) mass is 487 g/mol. The smallest absolute Gasteiger partial charge is 0.323 e. The minimum atomic E-state index is -0.392. The van der Waals surface area contributed by atoms with E-state index in [1.54, 1.807) is 30.9 Å². The van der Waals surface area contributed by atoms with Gasteiger partial charge in [-0.2, -0.15) is 5.10 Å². The molecule has 0 spiro atoms. The van der Waals surface area contributed by atoms with E-state index in [2.05, 4.69) is 25.8 Å². The van der Waals surface area contributed by atoms with Crippen molar-refractivity contribution in [2.45, 2.75) is 0 Å². The Labute approximate surface area is 211 Å². The molecule has 6 aromatic rings. The summed E-state index contributed by atoms with van der Waals surface area (Å²) >= 11 is 0. The van der Waals surface area contributed by atoms with Crippen LogP contribution >= 0.6 is 0 Å². The maximum absolute atomic E-state index is 12.9. The predicted molar refractivity (Wildman–Crippen MR) is 143 cm³/mol. The van der Waals surface area contributed by atoms with E-state index in [9.17, 15) is 4.79 Å². The van der Waals surface area contributed by atoms with Gasteiger partial charge in [-0.05, 0) is 48.5 Å². The molecule has 3 N–H and O–H groups in total. The largest absolute Gasteiger partial charge is 0.472 e. The topological polar surface area (TPSA) is 105 Å². The summed E-state index contributed by atoms with van der Waals surface area (Å²) in [5.74, 6) is 1.23. The Morgan fingerprint density at radius 1 is 0.838 bits per heavy atom. The summed E-state index contributed by atoms with van der Waals surface area (Å²) in [6.07, 6.45) is 5.08. The molecule has 0 fully saturated rings. The van der Waals surface area contributed by atoms with Gasteiger partial charge in [-0.25, -0.2) is 9.78 Å². The molecule has 0 unspecified atom stereocenters. The van der Waals surface area contributed by atoms with Crippen molar-refractivity contribution in [3.05, 3.63) is 110 Å². The van der Waals surface area contributed by atoms with Gasteiger partial charge in [0, 0.05) is 34.0 Å². The molecule has 0 atom stereocenters. The number of benzene rings is 3. The van der Waals surface area contributed by atoms with E-state index in [-0.39, 0.29) is 0 Å². The summed E-state index contributed by atoms with van der Waals surface area (Å²) in [5, 5.41) is 14.1. The summed E-state index contributed by atoms with van der Waals surface area (Å²) in [7, 11) is 0. The Morgan fingerprint density at radius 3 is 2.57 bits per heavy atom. The first-order chi connectivity index (χ1) is 18.2. The molecule has 180 valence electrons. The van der Waals surface area contributed by atoms with Crippen LogP contribution in [-0.4, -0.2) is 21.2 Å². The van der Waals surface area contributed by atoms with Gasteiger partial charge in [0.15, 0.2) is 11.4 Å². The molecule has 3 aromatic carbocycles. The molecule has 3 aromatic heterocycles. The number of aromatic amines is 1. The summed E-state index contributed by atoms with van der Waals surface area (Å²) in [4.78, 5) is 17.3. The van der Waals surface area contributed by atoms with Crippen LogP contribution in [-0.2, 0) is 0 Å². The molecule has 0 saturated carbocycles. The molecule has 3 heterocycles. The minimum absolute atomic E-state index is 0.392. The number of para-hydroxylation sites is 3. The van der Waals surface area contributed by atoms with Crippen LogP contribution in [0.1, 0.15) is 0 Å². The first-order valence-corrected chi connectivity index (χ1v) is 11.6. The van der Waals surface area contributed by atoms with Gasteiger partial charge in [-0.1, -0.05) is 42.5 Å². The highest BCUT2D eigenvalue weighted by Gasteiger charge is 2.13. The second-order valence-corrected chi connectivity index (χ2v) is 8.28. The number of ether oxygens (including phenoxy) is 1. The number of hydrogen-bond acceptors (Lipinski definition) is 5. The Kier molecular flexibility index (Phi) is 5.80. The van der Waals surface area contributed by atoms with Crippen LogP contribution < -0.4 is 15.4 Å². The van der Waals surface area contributed by atoms with Crippen LogP contribution in [0.25, 0.3) is 33.4 Å². The Morgan fingerprint density at radius 2 is 1.70 bits per heavy atom. The molecular weight excluding hydrogens is 466 g/mol. The quantitative estimate of drug-likeness (QED) is 0.228. The van der Waals surface area contributed by atoms with Gasteiger partial charge in [0.05, 0.1) is 18.2 Å². The molecule has 0 aliphatic carbocycles. The lowest BCUT2D eigenvalue weighted by molar-refractivity contribution is 0.262. The summed E-state index contributed by atoms with van der Waals surface area (Å²) < 4.78 is 11.1. The van der Waals surface area contributed by atoms with Gasteiger partial charge in [-0.15, -0.1) is 0 Å². The van der Waals surface area contributed by atoms with Crippen molar-refractivity contribution in [3.63, 3.8) is 0 Å². The number of nitrogens with zero attached hydrogens (tertiary/aromatic N) is 2. The molecule has 6 rings (SSSR count). The number of anilines is 2.